The van der Waals surface area contributed by atoms with Crippen molar-refractivity contribution >= 4 is 0 Å². The number of rotatable bonds is 6. The molecule has 1 aliphatic heterocycles. The summed E-state index contributed by atoms with van der Waals surface area (Å²) in [5, 5.41) is 0. The fraction of sp³-hybridized carbons (Fsp3) is 0.400. The summed E-state index contributed by atoms with van der Waals surface area (Å²) in [5.74, 6) is 1.62. The molecule has 0 aliphatic carbocycles. The van der Waals surface area contributed by atoms with Crippen LogP contribution < -0.4 is 9.47 Å². The van der Waals surface area contributed by atoms with Crippen molar-refractivity contribution in [2.75, 3.05) is 20.2 Å². The van der Waals surface area contributed by atoms with E-state index in [0.717, 1.165) is 23.6 Å². The highest BCUT2D eigenvalue weighted by atomic mass is 16.5. The van der Waals surface area contributed by atoms with Gasteiger partial charge >= 0.3 is 0 Å². The largest absolute Gasteiger partial charge is 0.493 e. The Hall–Kier alpha value is -2.00. The van der Waals surface area contributed by atoms with Crippen LogP contribution in [0.25, 0.3) is 0 Å². The minimum absolute atomic E-state index is 0.558. The highest BCUT2D eigenvalue weighted by molar-refractivity contribution is 5.43. The van der Waals surface area contributed by atoms with Crippen LogP contribution in [0.15, 0.2) is 48.5 Å². The highest BCUT2D eigenvalue weighted by Crippen LogP contribution is 2.29. The number of benzene rings is 2. The van der Waals surface area contributed by atoms with Gasteiger partial charge in [0.25, 0.3) is 0 Å². The SMILES string of the molecule is COc1cc(CN2CCCCC2)ccc1OCc1ccccc1. The average molecular weight is 311 g/mol. The predicted molar refractivity (Wildman–Crippen MR) is 92.9 cm³/mol. The summed E-state index contributed by atoms with van der Waals surface area (Å²) in [4.78, 5) is 2.52. The third-order valence-corrected chi connectivity index (χ3v) is 4.32. The van der Waals surface area contributed by atoms with Gasteiger partial charge in [0, 0.05) is 6.54 Å². The summed E-state index contributed by atoms with van der Waals surface area (Å²) in [7, 11) is 1.70. The minimum Gasteiger partial charge on any atom is -0.493 e. The number of hydrogen-bond donors (Lipinski definition) is 0. The summed E-state index contributed by atoms with van der Waals surface area (Å²) in [5.41, 5.74) is 2.45. The van der Waals surface area contributed by atoms with Crippen molar-refractivity contribution in [1.29, 1.82) is 0 Å². The van der Waals surface area contributed by atoms with E-state index in [9.17, 15) is 0 Å². The zero-order valence-electron chi connectivity index (χ0n) is 13.8. The Morgan fingerprint density at radius 1 is 0.870 bits per heavy atom. The third kappa shape index (κ3) is 4.49. The quantitative estimate of drug-likeness (QED) is 0.795. The van der Waals surface area contributed by atoms with Gasteiger partial charge in [-0.3, -0.25) is 4.90 Å². The number of methoxy groups -OCH3 is 1. The second kappa shape index (κ2) is 8.02. The summed E-state index contributed by atoms with van der Waals surface area (Å²) in [6, 6.07) is 16.5. The van der Waals surface area contributed by atoms with Crippen LogP contribution in [0, 0.1) is 0 Å². The number of ether oxygens (including phenoxy) is 2. The Labute approximate surface area is 138 Å². The lowest BCUT2D eigenvalue weighted by Crippen LogP contribution is -2.29. The zero-order valence-corrected chi connectivity index (χ0v) is 13.8. The molecule has 23 heavy (non-hydrogen) atoms. The molecule has 0 unspecified atom stereocenters. The molecule has 2 aromatic carbocycles. The van der Waals surface area contributed by atoms with E-state index in [4.69, 9.17) is 9.47 Å². The molecule has 1 fully saturated rings. The fourth-order valence-corrected chi connectivity index (χ4v) is 3.04. The number of likely N-dealkylation sites (tertiary alicyclic amines) is 1. The molecular formula is C20H25NO2. The fourth-order valence-electron chi connectivity index (χ4n) is 3.04. The van der Waals surface area contributed by atoms with E-state index in [1.54, 1.807) is 7.11 Å². The van der Waals surface area contributed by atoms with Crippen molar-refractivity contribution in [3.63, 3.8) is 0 Å². The molecule has 0 saturated carbocycles. The maximum absolute atomic E-state index is 5.92. The van der Waals surface area contributed by atoms with Gasteiger partial charge in [0.1, 0.15) is 6.61 Å². The molecule has 0 amide bonds. The van der Waals surface area contributed by atoms with Gasteiger partial charge in [0.05, 0.1) is 7.11 Å². The molecule has 3 rings (SSSR count). The summed E-state index contributed by atoms with van der Waals surface area (Å²) < 4.78 is 11.4. The van der Waals surface area contributed by atoms with E-state index in [1.165, 1.54) is 37.9 Å². The maximum atomic E-state index is 5.92. The Kier molecular flexibility index (Phi) is 5.54. The molecule has 1 heterocycles. The van der Waals surface area contributed by atoms with E-state index >= 15 is 0 Å². The average Bonchev–Trinajstić information content (AvgIpc) is 2.62. The minimum atomic E-state index is 0.558. The lowest BCUT2D eigenvalue weighted by molar-refractivity contribution is 0.220. The molecule has 0 bridgehead atoms. The molecule has 0 N–H and O–H groups in total. The first-order valence-electron chi connectivity index (χ1n) is 8.41. The number of nitrogens with zero attached hydrogens (tertiary/aromatic N) is 1. The summed E-state index contributed by atoms with van der Waals surface area (Å²) in [6.45, 7) is 3.96. The maximum Gasteiger partial charge on any atom is 0.161 e. The van der Waals surface area contributed by atoms with Crippen LogP contribution in [0.2, 0.25) is 0 Å². The van der Waals surface area contributed by atoms with Gasteiger partial charge in [-0.15, -0.1) is 0 Å². The van der Waals surface area contributed by atoms with Gasteiger partial charge < -0.3 is 9.47 Å². The summed E-state index contributed by atoms with van der Waals surface area (Å²) >= 11 is 0. The first-order valence-corrected chi connectivity index (χ1v) is 8.41. The molecule has 122 valence electrons. The molecule has 0 aromatic heterocycles. The van der Waals surface area contributed by atoms with Crippen LogP contribution in [0.4, 0.5) is 0 Å². The molecule has 1 saturated heterocycles. The standard InChI is InChI=1S/C20H25NO2/c1-22-20-14-18(15-21-12-6-3-7-13-21)10-11-19(20)23-16-17-8-4-2-5-9-17/h2,4-5,8-11,14H,3,6-7,12-13,15-16H2,1H3. The Morgan fingerprint density at radius 3 is 2.39 bits per heavy atom. The number of hydrogen-bond acceptors (Lipinski definition) is 3. The van der Waals surface area contributed by atoms with Crippen LogP contribution in [0.3, 0.4) is 0 Å². The van der Waals surface area contributed by atoms with E-state index in [1.807, 2.05) is 24.3 Å². The van der Waals surface area contributed by atoms with Gasteiger partial charge in [0.2, 0.25) is 0 Å². The van der Waals surface area contributed by atoms with Crippen LogP contribution in [0.1, 0.15) is 30.4 Å². The highest BCUT2D eigenvalue weighted by Gasteiger charge is 2.12. The van der Waals surface area contributed by atoms with Gasteiger partial charge in [-0.1, -0.05) is 42.8 Å². The van der Waals surface area contributed by atoms with Crippen LogP contribution in [0.5, 0.6) is 11.5 Å². The Balaban J connectivity index is 1.64. The summed E-state index contributed by atoms with van der Waals surface area (Å²) in [6.07, 6.45) is 4.00. The molecule has 0 atom stereocenters. The lowest BCUT2D eigenvalue weighted by Gasteiger charge is -2.26. The van der Waals surface area contributed by atoms with E-state index < -0.39 is 0 Å². The second-order valence-corrected chi connectivity index (χ2v) is 6.10. The van der Waals surface area contributed by atoms with Crippen molar-refractivity contribution in [3.8, 4) is 11.5 Å². The molecule has 3 heteroatoms. The van der Waals surface area contributed by atoms with E-state index in [-0.39, 0.29) is 0 Å². The van der Waals surface area contributed by atoms with Crippen molar-refractivity contribution < 1.29 is 9.47 Å². The van der Waals surface area contributed by atoms with Gasteiger partial charge in [-0.2, -0.15) is 0 Å². The molecule has 1 aliphatic rings. The van der Waals surface area contributed by atoms with Crippen molar-refractivity contribution in [2.24, 2.45) is 0 Å². The molecule has 2 aromatic rings. The number of piperidine rings is 1. The Morgan fingerprint density at radius 2 is 1.65 bits per heavy atom. The lowest BCUT2D eigenvalue weighted by atomic mass is 10.1. The smallest absolute Gasteiger partial charge is 0.161 e. The molecule has 0 radical (unpaired) electrons. The molecule has 3 nitrogen and oxygen atoms in total. The topological polar surface area (TPSA) is 21.7 Å². The third-order valence-electron chi connectivity index (χ3n) is 4.32. The molecular weight excluding hydrogens is 286 g/mol. The zero-order chi connectivity index (χ0) is 15.9. The van der Waals surface area contributed by atoms with Crippen LogP contribution in [-0.4, -0.2) is 25.1 Å². The first kappa shape index (κ1) is 15.9. The molecule has 0 spiro atoms. The first-order chi connectivity index (χ1) is 11.3. The van der Waals surface area contributed by atoms with E-state index in [0.29, 0.717) is 6.61 Å². The predicted octanol–water partition coefficient (Wildman–Crippen LogP) is 4.26. The normalized spacial score (nSPS) is 15.3. The second-order valence-electron chi connectivity index (χ2n) is 6.10. The monoisotopic (exact) mass is 311 g/mol. The van der Waals surface area contributed by atoms with Crippen molar-refractivity contribution in [2.45, 2.75) is 32.4 Å². The van der Waals surface area contributed by atoms with Gasteiger partial charge in [0.15, 0.2) is 11.5 Å². The van der Waals surface area contributed by atoms with Crippen LogP contribution >= 0.6 is 0 Å². The van der Waals surface area contributed by atoms with Crippen molar-refractivity contribution in [1.82, 2.24) is 4.90 Å². The van der Waals surface area contributed by atoms with Crippen LogP contribution in [-0.2, 0) is 13.2 Å². The van der Waals surface area contributed by atoms with Gasteiger partial charge in [-0.25, -0.2) is 0 Å². The van der Waals surface area contributed by atoms with E-state index in [2.05, 4.69) is 29.2 Å². The van der Waals surface area contributed by atoms with Gasteiger partial charge in [-0.05, 0) is 49.2 Å². The Bertz CT molecular complexity index is 606. The van der Waals surface area contributed by atoms with Crippen molar-refractivity contribution in [3.05, 3.63) is 59.7 Å².